The molecule has 18 heavy (non-hydrogen) atoms. The molecule has 1 rings (SSSR count). The minimum Gasteiger partial charge on any atom is -0.399 e. The summed E-state index contributed by atoms with van der Waals surface area (Å²) in [6.45, 7) is 5.84. The minimum absolute atomic E-state index is 0.0135. The van der Waals surface area contributed by atoms with Gasteiger partial charge in [-0.1, -0.05) is 25.5 Å². The molecule has 1 aromatic carbocycles. The molecule has 0 fully saturated rings. The lowest BCUT2D eigenvalue weighted by molar-refractivity contribution is 0.417. The Hall–Kier alpha value is -1.07. The molecular formula is C13H22N2O2S. The second-order valence-corrected chi connectivity index (χ2v) is 6.96. The molecule has 0 spiro atoms. The SMILES string of the molecule is CCCC(C)(C)NS(=O)(=O)Cc1ccc(N)cc1. The van der Waals surface area contributed by atoms with Crippen molar-refractivity contribution in [1.82, 2.24) is 4.72 Å². The van der Waals surface area contributed by atoms with Gasteiger partial charge in [-0.25, -0.2) is 13.1 Å². The largest absolute Gasteiger partial charge is 0.399 e. The van der Waals surface area contributed by atoms with Crippen molar-refractivity contribution >= 4 is 15.7 Å². The van der Waals surface area contributed by atoms with Crippen LogP contribution in [0.15, 0.2) is 24.3 Å². The summed E-state index contributed by atoms with van der Waals surface area (Å²) in [5, 5.41) is 0. The summed E-state index contributed by atoms with van der Waals surface area (Å²) in [6.07, 6.45) is 1.76. The first-order chi connectivity index (χ1) is 8.24. The predicted molar refractivity (Wildman–Crippen MR) is 75.6 cm³/mol. The van der Waals surface area contributed by atoms with Crippen LogP contribution in [0.3, 0.4) is 0 Å². The summed E-state index contributed by atoms with van der Waals surface area (Å²) in [5.74, 6) is -0.0135. The third kappa shape index (κ3) is 5.06. The van der Waals surface area contributed by atoms with Crippen molar-refractivity contribution in [2.75, 3.05) is 5.73 Å². The number of sulfonamides is 1. The number of rotatable bonds is 6. The van der Waals surface area contributed by atoms with Crippen molar-refractivity contribution in [3.63, 3.8) is 0 Å². The van der Waals surface area contributed by atoms with Crippen molar-refractivity contribution in [3.8, 4) is 0 Å². The summed E-state index contributed by atoms with van der Waals surface area (Å²) in [4.78, 5) is 0. The van der Waals surface area contributed by atoms with Gasteiger partial charge in [0.1, 0.15) is 0 Å². The van der Waals surface area contributed by atoms with Crippen LogP contribution in [0.5, 0.6) is 0 Å². The Kier molecular flexibility index (Phi) is 4.76. The molecule has 5 heteroatoms. The number of nitrogens with two attached hydrogens (primary N) is 1. The Morgan fingerprint density at radius 2 is 1.78 bits per heavy atom. The van der Waals surface area contributed by atoms with E-state index in [0.717, 1.165) is 18.4 Å². The van der Waals surface area contributed by atoms with E-state index in [1.165, 1.54) is 0 Å². The Balaban J connectivity index is 2.73. The Labute approximate surface area is 110 Å². The van der Waals surface area contributed by atoms with Crippen molar-refractivity contribution in [1.29, 1.82) is 0 Å². The highest BCUT2D eigenvalue weighted by molar-refractivity contribution is 7.88. The van der Waals surface area contributed by atoms with Gasteiger partial charge >= 0.3 is 0 Å². The second-order valence-electron chi connectivity index (χ2n) is 5.24. The van der Waals surface area contributed by atoms with Gasteiger partial charge in [-0.15, -0.1) is 0 Å². The van der Waals surface area contributed by atoms with Gasteiger partial charge in [0.15, 0.2) is 0 Å². The molecule has 0 aromatic heterocycles. The molecule has 1 aromatic rings. The molecule has 4 nitrogen and oxygen atoms in total. The van der Waals surface area contributed by atoms with E-state index in [0.29, 0.717) is 5.69 Å². The van der Waals surface area contributed by atoms with Crippen LogP contribution in [0.1, 0.15) is 39.2 Å². The zero-order chi connectivity index (χ0) is 13.8. The van der Waals surface area contributed by atoms with Crippen molar-refractivity contribution < 1.29 is 8.42 Å². The van der Waals surface area contributed by atoms with Gasteiger partial charge in [0, 0.05) is 11.2 Å². The number of nitrogens with one attached hydrogen (secondary N) is 1. The van der Waals surface area contributed by atoms with Gasteiger partial charge < -0.3 is 5.73 Å². The van der Waals surface area contributed by atoms with E-state index < -0.39 is 15.6 Å². The molecule has 0 atom stereocenters. The van der Waals surface area contributed by atoms with Gasteiger partial charge in [0.05, 0.1) is 5.75 Å². The standard InChI is InChI=1S/C13H22N2O2S/c1-4-9-13(2,3)15-18(16,17)10-11-5-7-12(14)8-6-11/h5-8,15H,4,9-10,14H2,1-3H3. The molecule has 0 aliphatic carbocycles. The van der Waals surface area contributed by atoms with E-state index in [9.17, 15) is 8.42 Å². The monoisotopic (exact) mass is 270 g/mol. The molecule has 0 heterocycles. The topological polar surface area (TPSA) is 72.2 Å². The lowest BCUT2D eigenvalue weighted by Crippen LogP contribution is -2.43. The highest BCUT2D eigenvalue weighted by Crippen LogP contribution is 2.15. The first-order valence-corrected chi connectivity index (χ1v) is 7.75. The summed E-state index contributed by atoms with van der Waals surface area (Å²) < 4.78 is 26.8. The van der Waals surface area contributed by atoms with Crippen LogP contribution in [0.25, 0.3) is 0 Å². The fourth-order valence-electron chi connectivity index (χ4n) is 1.97. The van der Waals surface area contributed by atoms with E-state index in [2.05, 4.69) is 4.72 Å². The second kappa shape index (κ2) is 5.71. The Morgan fingerprint density at radius 3 is 2.28 bits per heavy atom. The zero-order valence-electron chi connectivity index (χ0n) is 11.2. The molecule has 0 saturated heterocycles. The lowest BCUT2D eigenvalue weighted by atomic mass is 10.0. The number of benzene rings is 1. The van der Waals surface area contributed by atoms with Crippen LogP contribution in [0.4, 0.5) is 5.69 Å². The fraction of sp³-hybridized carbons (Fsp3) is 0.538. The van der Waals surface area contributed by atoms with Crippen LogP contribution in [0, 0.1) is 0 Å². The smallest absolute Gasteiger partial charge is 0.216 e. The van der Waals surface area contributed by atoms with E-state index in [4.69, 9.17) is 5.73 Å². The molecule has 3 N–H and O–H groups in total. The zero-order valence-corrected chi connectivity index (χ0v) is 12.0. The van der Waals surface area contributed by atoms with E-state index >= 15 is 0 Å². The first kappa shape index (κ1) is 15.0. The van der Waals surface area contributed by atoms with Gasteiger partial charge in [-0.3, -0.25) is 0 Å². The lowest BCUT2D eigenvalue weighted by Gasteiger charge is -2.25. The van der Waals surface area contributed by atoms with Crippen molar-refractivity contribution in [3.05, 3.63) is 29.8 Å². The maximum atomic E-state index is 12.0. The van der Waals surface area contributed by atoms with Crippen LogP contribution in [0.2, 0.25) is 0 Å². The average Bonchev–Trinajstić information content (AvgIpc) is 2.19. The first-order valence-electron chi connectivity index (χ1n) is 6.10. The van der Waals surface area contributed by atoms with Crippen molar-refractivity contribution in [2.45, 2.75) is 44.9 Å². The van der Waals surface area contributed by atoms with Crippen LogP contribution < -0.4 is 10.5 Å². The van der Waals surface area contributed by atoms with Crippen LogP contribution in [-0.4, -0.2) is 14.0 Å². The van der Waals surface area contributed by atoms with Crippen LogP contribution >= 0.6 is 0 Å². The van der Waals surface area contributed by atoms with Gasteiger partial charge in [-0.05, 0) is 38.0 Å². The van der Waals surface area contributed by atoms with Gasteiger partial charge in [0.25, 0.3) is 0 Å². The summed E-state index contributed by atoms with van der Waals surface area (Å²) in [5.41, 5.74) is 6.54. The molecule has 102 valence electrons. The number of hydrogen-bond donors (Lipinski definition) is 2. The van der Waals surface area contributed by atoms with Gasteiger partial charge in [-0.2, -0.15) is 0 Å². The normalized spacial score (nSPS) is 12.6. The molecule has 0 aliphatic heterocycles. The molecule has 0 aliphatic rings. The Bertz CT molecular complexity index is 478. The summed E-state index contributed by atoms with van der Waals surface area (Å²) >= 11 is 0. The predicted octanol–water partition coefficient (Wildman–Crippen LogP) is 2.27. The van der Waals surface area contributed by atoms with Gasteiger partial charge in [0.2, 0.25) is 10.0 Å². The van der Waals surface area contributed by atoms with Crippen LogP contribution in [-0.2, 0) is 15.8 Å². The minimum atomic E-state index is -3.32. The summed E-state index contributed by atoms with van der Waals surface area (Å²) in [6, 6.07) is 6.90. The number of hydrogen-bond acceptors (Lipinski definition) is 3. The fourth-order valence-corrected chi connectivity index (χ4v) is 3.61. The number of anilines is 1. The molecule has 0 saturated carbocycles. The van der Waals surface area contributed by atoms with E-state index in [1.54, 1.807) is 24.3 Å². The quantitative estimate of drug-likeness (QED) is 0.779. The molecule has 0 bridgehead atoms. The summed E-state index contributed by atoms with van der Waals surface area (Å²) in [7, 11) is -3.32. The molecular weight excluding hydrogens is 248 g/mol. The molecule has 0 amide bonds. The average molecular weight is 270 g/mol. The maximum Gasteiger partial charge on any atom is 0.216 e. The third-order valence-corrected chi connectivity index (χ3v) is 4.22. The van der Waals surface area contributed by atoms with E-state index in [-0.39, 0.29) is 5.75 Å². The number of nitrogen functional groups attached to an aromatic ring is 1. The highest BCUT2D eigenvalue weighted by atomic mass is 32.2. The molecule has 0 radical (unpaired) electrons. The third-order valence-electron chi connectivity index (χ3n) is 2.64. The Morgan fingerprint density at radius 1 is 1.22 bits per heavy atom. The van der Waals surface area contributed by atoms with Crippen molar-refractivity contribution in [2.24, 2.45) is 0 Å². The molecule has 0 unspecified atom stereocenters. The van der Waals surface area contributed by atoms with E-state index in [1.807, 2.05) is 20.8 Å². The maximum absolute atomic E-state index is 12.0. The highest BCUT2D eigenvalue weighted by Gasteiger charge is 2.23.